The number of anilines is 1. The zero-order valence-electron chi connectivity index (χ0n) is 18.6. The number of thiazole rings is 1. The third kappa shape index (κ3) is 4.32. The highest BCUT2D eigenvalue weighted by Crippen LogP contribution is 2.37. The number of carbonyl (C=O) groups is 1. The summed E-state index contributed by atoms with van der Waals surface area (Å²) in [4.78, 5) is 20.3. The number of amides is 1. The van der Waals surface area contributed by atoms with Crippen molar-refractivity contribution < 1.29 is 9.53 Å². The van der Waals surface area contributed by atoms with E-state index in [-0.39, 0.29) is 5.91 Å². The number of nitrogens with zero attached hydrogens (tertiary/aromatic N) is 2. The largest absolute Gasteiger partial charge is 0.494 e. The second kappa shape index (κ2) is 9.04. The maximum Gasteiger partial charge on any atom is 0.233 e. The fourth-order valence-electron chi connectivity index (χ4n) is 4.03. The van der Waals surface area contributed by atoms with Gasteiger partial charge in [0.25, 0.3) is 0 Å². The van der Waals surface area contributed by atoms with E-state index in [1.54, 1.807) is 12.0 Å². The Kier molecular flexibility index (Phi) is 5.80. The van der Waals surface area contributed by atoms with Gasteiger partial charge in [-0.05, 0) is 40.5 Å². The number of hydrogen-bond acceptors (Lipinski definition) is 4. The molecule has 0 spiro atoms. The SMILES string of the molecule is COc1ccc(C)c2sc(N(Cc3ccccc3)C(=O)Cc3ccc4ccccc4c3)nc12. The van der Waals surface area contributed by atoms with Crippen LogP contribution in [0.1, 0.15) is 16.7 Å². The lowest BCUT2D eigenvalue weighted by Crippen LogP contribution is -2.31. The Hall–Kier alpha value is -3.70. The molecule has 0 unspecified atom stereocenters. The minimum absolute atomic E-state index is 0.0183. The lowest BCUT2D eigenvalue weighted by Gasteiger charge is -2.20. The number of fused-ring (bicyclic) bond motifs is 2. The molecule has 1 aromatic heterocycles. The van der Waals surface area contributed by atoms with E-state index in [0.717, 1.165) is 38.0 Å². The molecule has 4 nitrogen and oxygen atoms in total. The smallest absolute Gasteiger partial charge is 0.233 e. The predicted octanol–water partition coefficient (Wildman–Crippen LogP) is 6.54. The van der Waals surface area contributed by atoms with Crippen LogP contribution in [0.25, 0.3) is 21.0 Å². The van der Waals surface area contributed by atoms with Crippen molar-refractivity contribution in [3.63, 3.8) is 0 Å². The first-order chi connectivity index (χ1) is 16.1. The van der Waals surface area contributed by atoms with Gasteiger partial charge in [-0.25, -0.2) is 4.98 Å². The maximum atomic E-state index is 13.6. The summed E-state index contributed by atoms with van der Waals surface area (Å²) in [5.41, 5.74) is 3.98. The highest BCUT2D eigenvalue weighted by molar-refractivity contribution is 7.22. The third-order valence-electron chi connectivity index (χ3n) is 5.80. The first-order valence-electron chi connectivity index (χ1n) is 10.9. The van der Waals surface area contributed by atoms with Crippen molar-refractivity contribution in [2.45, 2.75) is 19.9 Å². The van der Waals surface area contributed by atoms with Gasteiger partial charge in [0.1, 0.15) is 11.3 Å². The standard InChI is InChI=1S/C28H24N2O2S/c1-19-12-15-24(32-2)26-27(19)33-28(29-26)30(18-20-8-4-3-5-9-20)25(31)17-21-13-14-22-10-6-7-11-23(22)16-21/h3-16H,17-18H2,1-2H3. The topological polar surface area (TPSA) is 42.4 Å². The minimum atomic E-state index is 0.0183. The molecule has 4 aromatic carbocycles. The van der Waals surface area contributed by atoms with Gasteiger partial charge in [0, 0.05) is 0 Å². The lowest BCUT2D eigenvalue weighted by atomic mass is 10.0. The maximum absolute atomic E-state index is 13.6. The molecule has 5 rings (SSSR count). The van der Waals surface area contributed by atoms with Crippen LogP contribution in [0.4, 0.5) is 5.13 Å². The number of aromatic nitrogens is 1. The van der Waals surface area contributed by atoms with Crippen LogP contribution in [0.5, 0.6) is 5.75 Å². The van der Waals surface area contributed by atoms with Crippen molar-refractivity contribution in [2.75, 3.05) is 12.0 Å². The first kappa shape index (κ1) is 21.2. The van der Waals surface area contributed by atoms with Crippen LogP contribution < -0.4 is 9.64 Å². The molecule has 33 heavy (non-hydrogen) atoms. The number of hydrogen-bond donors (Lipinski definition) is 0. The van der Waals surface area contributed by atoms with Gasteiger partial charge in [-0.3, -0.25) is 9.69 Å². The number of ether oxygens (including phenoxy) is 1. The molecule has 5 heteroatoms. The van der Waals surface area contributed by atoms with E-state index in [1.165, 1.54) is 16.7 Å². The van der Waals surface area contributed by atoms with E-state index >= 15 is 0 Å². The molecule has 0 atom stereocenters. The highest BCUT2D eigenvalue weighted by atomic mass is 32.1. The van der Waals surface area contributed by atoms with Crippen molar-refractivity contribution in [1.82, 2.24) is 4.98 Å². The molecule has 5 aromatic rings. The van der Waals surface area contributed by atoms with E-state index in [1.807, 2.05) is 60.7 Å². The molecule has 1 amide bonds. The van der Waals surface area contributed by atoms with Gasteiger partial charge >= 0.3 is 0 Å². The zero-order valence-corrected chi connectivity index (χ0v) is 19.4. The molecule has 164 valence electrons. The van der Waals surface area contributed by atoms with Gasteiger partial charge in [0.2, 0.25) is 5.91 Å². The van der Waals surface area contributed by atoms with Crippen molar-refractivity contribution in [2.24, 2.45) is 0 Å². The van der Waals surface area contributed by atoms with Crippen molar-refractivity contribution in [3.8, 4) is 5.75 Å². The van der Waals surface area contributed by atoms with E-state index in [0.29, 0.717) is 18.1 Å². The molecule has 0 saturated heterocycles. The van der Waals surface area contributed by atoms with Crippen LogP contribution in [-0.2, 0) is 17.8 Å². The lowest BCUT2D eigenvalue weighted by molar-refractivity contribution is -0.118. The first-order valence-corrected chi connectivity index (χ1v) is 11.7. The molecule has 0 fully saturated rings. The second-order valence-corrected chi connectivity index (χ2v) is 9.06. The predicted molar refractivity (Wildman–Crippen MR) is 136 cm³/mol. The number of carbonyl (C=O) groups excluding carboxylic acids is 1. The van der Waals surface area contributed by atoms with Gasteiger partial charge in [-0.1, -0.05) is 90.2 Å². The fourth-order valence-corrected chi connectivity index (χ4v) is 5.09. The molecule has 1 heterocycles. The Balaban J connectivity index is 1.53. The minimum Gasteiger partial charge on any atom is -0.494 e. The molecule has 0 bridgehead atoms. The normalized spacial score (nSPS) is 11.1. The van der Waals surface area contributed by atoms with E-state index in [2.05, 4.69) is 31.2 Å². The molecule has 0 N–H and O–H groups in total. The molecule has 0 aliphatic rings. The van der Waals surface area contributed by atoms with Crippen LogP contribution in [0, 0.1) is 6.92 Å². The fraction of sp³-hybridized carbons (Fsp3) is 0.143. The van der Waals surface area contributed by atoms with Crippen molar-refractivity contribution in [3.05, 3.63) is 102 Å². The Morgan fingerprint density at radius 2 is 1.67 bits per heavy atom. The summed E-state index contributed by atoms with van der Waals surface area (Å²) in [7, 11) is 1.65. The Morgan fingerprint density at radius 1 is 0.909 bits per heavy atom. The second-order valence-electron chi connectivity index (χ2n) is 8.08. The van der Waals surface area contributed by atoms with E-state index < -0.39 is 0 Å². The zero-order chi connectivity index (χ0) is 22.8. The van der Waals surface area contributed by atoms with Crippen molar-refractivity contribution >= 4 is 43.4 Å². The molecular weight excluding hydrogens is 428 g/mol. The van der Waals surface area contributed by atoms with Gasteiger partial charge in [0.15, 0.2) is 5.13 Å². The number of methoxy groups -OCH3 is 1. The number of rotatable bonds is 6. The average Bonchev–Trinajstić information content (AvgIpc) is 3.29. The summed E-state index contributed by atoms with van der Waals surface area (Å²) >= 11 is 1.54. The van der Waals surface area contributed by atoms with E-state index in [9.17, 15) is 4.79 Å². The summed E-state index contributed by atoms with van der Waals surface area (Å²) < 4.78 is 6.57. The molecule has 0 aliphatic heterocycles. The van der Waals surface area contributed by atoms with Crippen LogP contribution in [0.15, 0.2) is 84.9 Å². The Bertz CT molecular complexity index is 1440. The molecular formula is C28H24N2O2S. The van der Waals surface area contributed by atoms with Crippen LogP contribution in [-0.4, -0.2) is 18.0 Å². The number of aryl methyl sites for hydroxylation is 1. The quantitative estimate of drug-likeness (QED) is 0.294. The van der Waals surface area contributed by atoms with E-state index in [4.69, 9.17) is 9.72 Å². The molecule has 0 saturated carbocycles. The van der Waals surface area contributed by atoms with Gasteiger partial charge in [0.05, 0.1) is 24.8 Å². The van der Waals surface area contributed by atoms with Crippen LogP contribution in [0.2, 0.25) is 0 Å². The van der Waals surface area contributed by atoms with Crippen molar-refractivity contribution in [1.29, 1.82) is 0 Å². The summed E-state index contributed by atoms with van der Waals surface area (Å²) in [6.07, 6.45) is 0.309. The summed E-state index contributed by atoms with van der Waals surface area (Å²) in [5, 5.41) is 2.99. The monoisotopic (exact) mass is 452 g/mol. The van der Waals surface area contributed by atoms with Gasteiger partial charge in [-0.2, -0.15) is 0 Å². The average molecular weight is 453 g/mol. The third-order valence-corrected chi connectivity index (χ3v) is 7.01. The summed E-state index contributed by atoms with van der Waals surface area (Å²) in [5.74, 6) is 0.740. The molecule has 0 aliphatic carbocycles. The summed E-state index contributed by atoms with van der Waals surface area (Å²) in [6, 6.07) is 28.4. The van der Waals surface area contributed by atoms with Gasteiger partial charge < -0.3 is 4.74 Å². The highest BCUT2D eigenvalue weighted by Gasteiger charge is 2.22. The Labute approximate surface area is 197 Å². The Morgan fingerprint density at radius 3 is 2.45 bits per heavy atom. The van der Waals surface area contributed by atoms with Gasteiger partial charge in [-0.15, -0.1) is 0 Å². The number of benzene rings is 4. The molecule has 0 radical (unpaired) electrons. The summed E-state index contributed by atoms with van der Waals surface area (Å²) in [6.45, 7) is 2.52. The van der Waals surface area contributed by atoms with Crippen LogP contribution in [0.3, 0.4) is 0 Å². The van der Waals surface area contributed by atoms with Crippen LogP contribution >= 0.6 is 11.3 Å².